The standard InChI is InChI=1S/C22H23N5O5S2/c1-13(20(28)23-14-5-7-16-17(11-14)25-21(29)24-16)33-22-26-18-12-15(6-8-19(18)32-22)34(30,31)27-9-3-2-4-10-27/h5-8,11-13H,2-4,9-10H2,1H3,(H,23,28)(H2,24,25,29)/t13-/m0/s1. The number of carbonyl (C=O) groups is 1. The van der Waals surface area contributed by atoms with Crippen molar-refractivity contribution in [1.29, 1.82) is 0 Å². The van der Waals surface area contributed by atoms with Gasteiger partial charge in [-0.3, -0.25) is 4.79 Å². The molecule has 1 amide bonds. The average molecular weight is 502 g/mol. The minimum Gasteiger partial charge on any atom is -0.431 e. The Morgan fingerprint density at radius 1 is 1.12 bits per heavy atom. The molecule has 3 N–H and O–H groups in total. The number of benzene rings is 2. The number of anilines is 1. The fourth-order valence-corrected chi connectivity index (χ4v) is 6.21. The quantitative estimate of drug-likeness (QED) is 0.344. The molecule has 34 heavy (non-hydrogen) atoms. The van der Waals surface area contributed by atoms with Crippen molar-refractivity contribution >= 4 is 55.5 Å². The van der Waals surface area contributed by atoms with E-state index in [0.717, 1.165) is 31.0 Å². The third-order valence-corrected chi connectivity index (χ3v) is 8.56. The molecule has 2 aromatic heterocycles. The molecule has 12 heteroatoms. The second kappa shape index (κ2) is 8.93. The molecule has 1 saturated heterocycles. The lowest BCUT2D eigenvalue weighted by Gasteiger charge is -2.25. The number of piperidine rings is 1. The topological polar surface area (TPSA) is 141 Å². The Balaban J connectivity index is 1.29. The SMILES string of the molecule is C[C@H](Sc1nc2cc(S(=O)(=O)N3CCCCC3)ccc2o1)C(=O)Nc1ccc2[nH]c(=O)[nH]c2c1. The summed E-state index contributed by atoms with van der Waals surface area (Å²) in [6.45, 7) is 2.78. The Kier molecular flexibility index (Phi) is 5.96. The lowest BCUT2D eigenvalue weighted by Crippen LogP contribution is -2.35. The fraction of sp³-hybridized carbons (Fsp3) is 0.318. The van der Waals surface area contributed by atoms with Gasteiger partial charge in [0.1, 0.15) is 5.52 Å². The molecule has 0 unspecified atom stereocenters. The predicted octanol–water partition coefficient (Wildman–Crippen LogP) is 3.29. The lowest BCUT2D eigenvalue weighted by molar-refractivity contribution is -0.115. The van der Waals surface area contributed by atoms with Crippen molar-refractivity contribution in [2.24, 2.45) is 0 Å². The van der Waals surface area contributed by atoms with Gasteiger partial charge in [0.15, 0.2) is 5.58 Å². The number of aromatic amines is 2. The number of aromatic nitrogens is 3. The first-order chi connectivity index (χ1) is 16.3. The van der Waals surface area contributed by atoms with Crippen molar-refractivity contribution in [3.63, 3.8) is 0 Å². The first kappa shape index (κ1) is 22.7. The smallest absolute Gasteiger partial charge is 0.323 e. The molecule has 0 aliphatic carbocycles. The van der Waals surface area contributed by atoms with Crippen molar-refractivity contribution in [1.82, 2.24) is 19.3 Å². The zero-order chi connectivity index (χ0) is 23.9. The van der Waals surface area contributed by atoms with Crippen LogP contribution in [0.15, 0.2) is 55.7 Å². The molecule has 3 heterocycles. The number of hydrogen-bond acceptors (Lipinski definition) is 7. The van der Waals surface area contributed by atoms with Gasteiger partial charge in [-0.25, -0.2) is 18.2 Å². The summed E-state index contributed by atoms with van der Waals surface area (Å²) in [5, 5.41) is 2.55. The summed E-state index contributed by atoms with van der Waals surface area (Å²) in [7, 11) is -3.57. The van der Waals surface area contributed by atoms with Gasteiger partial charge in [0.05, 0.1) is 21.2 Å². The number of carbonyl (C=O) groups excluding carboxylic acids is 1. The van der Waals surface area contributed by atoms with Crippen LogP contribution in [0.5, 0.6) is 0 Å². The third-order valence-electron chi connectivity index (χ3n) is 5.72. The number of hydrogen-bond donors (Lipinski definition) is 3. The van der Waals surface area contributed by atoms with Crippen LogP contribution in [-0.4, -0.2) is 51.9 Å². The Labute approximate surface area is 199 Å². The normalized spacial score (nSPS) is 16.1. The zero-order valence-corrected chi connectivity index (χ0v) is 20.0. The summed E-state index contributed by atoms with van der Waals surface area (Å²) in [6.07, 6.45) is 2.77. The van der Waals surface area contributed by atoms with Gasteiger partial charge < -0.3 is 19.7 Å². The number of nitrogens with one attached hydrogen (secondary N) is 3. The molecular formula is C22H23N5O5S2. The largest absolute Gasteiger partial charge is 0.431 e. The number of oxazole rings is 1. The number of imidazole rings is 1. The van der Waals surface area contributed by atoms with E-state index in [0.29, 0.717) is 40.9 Å². The monoisotopic (exact) mass is 501 g/mol. The van der Waals surface area contributed by atoms with Crippen molar-refractivity contribution in [3.8, 4) is 0 Å². The highest BCUT2D eigenvalue weighted by Gasteiger charge is 2.27. The van der Waals surface area contributed by atoms with Crippen LogP contribution in [0.2, 0.25) is 0 Å². The minimum atomic E-state index is -3.57. The Hall–Kier alpha value is -3.09. The first-order valence-corrected chi connectivity index (χ1v) is 13.2. The molecule has 1 fully saturated rings. The summed E-state index contributed by atoms with van der Waals surface area (Å²) < 4.78 is 33.1. The fourth-order valence-electron chi connectivity index (χ4n) is 3.91. The van der Waals surface area contributed by atoms with Gasteiger partial charge in [-0.2, -0.15) is 4.31 Å². The van der Waals surface area contributed by atoms with E-state index in [1.807, 2.05) is 0 Å². The maximum atomic E-state index is 12.9. The lowest BCUT2D eigenvalue weighted by atomic mass is 10.2. The van der Waals surface area contributed by atoms with Gasteiger partial charge in [0.2, 0.25) is 15.9 Å². The number of nitrogens with zero attached hydrogens (tertiary/aromatic N) is 2. The van der Waals surface area contributed by atoms with Crippen LogP contribution in [0.4, 0.5) is 5.69 Å². The van der Waals surface area contributed by atoms with Crippen molar-refractivity contribution in [3.05, 3.63) is 46.9 Å². The van der Waals surface area contributed by atoms with Crippen LogP contribution in [0.25, 0.3) is 22.1 Å². The van der Waals surface area contributed by atoms with Gasteiger partial charge in [-0.05, 0) is 56.2 Å². The Morgan fingerprint density at radius 3 is 2.68 bits per heavy atom. The second-order valence-corrected chi connectivity index (χ2v) is 11.4. The molecule has 1 aliphatic rings. The summed E-state index contributed by atoms with van der Waals surface area (Å²) in [5.74, 6) is -0.266. The first-order valence-electron chi connectivity index (χ1n) is 10.9. The van der Waals surface area contributed by atoms with Gasteiger partial charge in [0, 0.05) is 18.8 Å². The number of fused-ring (bicyclic) bond motifs is 2. The van der Waals surface area contributed by atoms with Gasteiger partial charge in [-0.15, -0.1) is 0 Å². The second-order valence-electron chi connectivity index (χ2n) is 8.16. The summed E-state index contributed by atoms with van der Waals surface area (Å²) >= 11 is 1.13. The van der Waals surface area contributed by atoms with E-state index < -0.39 is 15.3 Å². The number of sulfonamides is 1. The van der Waals surface area contributed by atoms with Gasteiger partial charge >= 0.3 is 5.69 Å². The highest BCUT2D eigenvalue weighted by Crippen LogP contribution is 2.30. The number of rotatable bonds is 6. The molecule has 10 nitrogen and oxygen atoms in total. The summed E-state index contributed by atoms with van der Waals surface area (Å²) in [6, 6.07) is 9.73. The van der Waals surface area contributed by atoms with Crippen LogP contribution < -0.4 is 11.0 Å². The summed E-state index contributed by atoms with van der Waals surface area (Å²) in [4.78, 5) is 34.0. The van der Waals surface area contributed by atoms with E-state index in [-0.39, 0.29) is 21.7 Å². The Bertz CT molecular complexity index is 1530. The van der Waals surface area contributed by atoms with Crippen molar-refractivity contribution in [2.75, 3.05) is 18.4 Å². The van der Waals surface area contributed by atoms with E-state index in [9.17, 15) is 18.0 Å². The maximum absolute atomic E-state index is 12.9. The van der Waals surface area contributed by atoms with Crippen molar-refractivity contribution in [2.45, 2.75) is 41.6 Å². The van der Waals surface area contributed by atoms with E-state index in [2.05, 4.69) is 20.3 Å². The van der Waals surface area contributed by atoms with Crippen LogP contribution in [0.3, 0.4) is 0 Å². The number of H-pyrrole nitrogens is 2. The molecule has 178 valence electrons. The minimum absolute atomic E-state index is 0.190. The molecule has 4 aromatic rings. The molecule has 5 rings (SSSR count). The molecule has 0 radical (unpaired) electrons. The van der Waals surface area contributed by atoms with Crippen molar-refractivity contribution < 1.29 is 17.6 Å². The molecule has 1 atom stereocenters. The van der Waals surface area contributed by atoms with E-state index in [4.69, 9.17) is 4.42 Å². The Morgan fingerprint density at radius 2 is 1.88 bits per heavy atom. The highest BCUT2D eigenvalue weighted by atomic mass is 32.2. The maximum Gasteiger partial charge on any atom is 0.323 e. The predicted molar refractivity (Wildman–Crippen MR) is 129 cm³/mol. The third kappa shape index (κ3) is 4.48. The van der Waals surface area contributed by atoms with Crippen LogP contribution >= 0.6 is 11.8 Å². The van der Waals surface area contributed by atoms with E-state index >= 15 is 0 Å². The van der Waals surface area contributed by atoms with Crippen LogP contribution in [0, 0.1) is 0 Å². The summed E-state index contributed by atoms with van der Waals surface area (Å²) in [5.41, 5.74) is 2.36. The van der Waals surface area contributed by atoms with Gasteiger partial charge in [0.25, 0.3) is 5.22 Å². The zero-order valence-electron chi connectivity index (χ0n) is 18.3. The van der Waals surface area contributed by atoms with Gasteiger partial charge in [-0.1, -0.05) is 18.2 Å². The molecule has 1 aliphatic heterocycles. The molecule has 2 aromatic carbocycles. The molecule has 0 spiro atoms. The molecule has 0 bridgehead atoms. The molecular weight excluding hydrogens is 478 g/mol. The van der Waals surface area contributed by atoms with E-state index in [1.54, 1.807) is 31.2 Å². The number of amides is 1. The molecule has 0 saturated carbocycles. The van der Waals surface area contributed by atoms with E-state index in [1.165, 1.54) is 16.4 Å². The highest BCUT2D eigenvalue weighted by molar-refractivity contribution is 8.00. The number of thioether (sulfide) groups is 1. The average Bonchev–Trinajstić information content (AvgIpc) is 3.40. The van der Waals surface area contributed by atoms with Crippen LogP contribution in [0.1, 0.15) is 26.2 Å². The van der Waals surface area contributed by atoms with Crippen LogP contribution in [-0.2, 0) is 14.8 Å².